The minimum Gasteiger partial charge on any atom is -0.336 e. The third-order valence-electron chi connectivity index (χ3n) is 5.53. The highest BCUT2D eigenvalue weighted by molar-refractivity contribution is 7.17. The highest BCUT2D eigenvalue weighted by atomic mass is 35.5. The summed E-state index contributed by atoms with van der Waals surface area (Å²) in [7, 11) is 1.94. The van der Waals surface area contributed by atoms with Gasteiger partial charge < -0.3 is 4.90 Å². The van der Waals surface area contributed by atoms with E-state index in [-0.39, 0.29) is 5.91 Å². The number of hydrogen-bond donors (Lipinski definition) is 0. The highest BCUT2D eigenvalue weighted by Crippen LogP contribution is 2.55. The first-order valence-corrected chi connectivity index (χ1v) is 8.57. The maximum absolute atomic E-state index is 12.6. The van der Waals surface area contributed by atoms with Crippen molar-refractivity contribution in [2.24, 2.45) is 23.7 Å². The molecule has 0 aromatic carbocycles. The summed E-state index contributed by atoms with van der Waals surface area (Å²) in [5.74, 6) is 3.24. The Hall–Kier alpha value is -0.680. The van der Waals surface area contributed by atoms with Gasteiger partial charge in [0.15, 0.2) is 0 Å². The first kappa shape index (κ1) is 13.0. The molecule has 4 fully saturated rings. The molecule has 5 rings (SSSR count). The third-order valence-corrected chi connectivity index (χ3v) is 6.53. The number of nitrogens with zero attached hydrogens (tertiary/aromatic N) is 3. The Balaban J connectivity index is 1.56. The number of hydrogen-bond acceptors (Lipinski definition) is 4. The number of aromatic nitrogens is 2. The van der Waals surface area contributed by atoms with Crippen molar-refractivity contribution >= 4 is 28.8 Å². The van der Waals surface area contributed by atoms with E-state index in [4.69, 9.17) is 11.6 Å². The molecule has 20 heavy (non-hydrogen) atoms. The van der Waals surface area contributed by atoms with Crippen molar-refractivity contribution in [3.63, 3.8) is 0 Å². The lowest BCUT2D eigenvalue weighted by Gasteiger charge is -2.56. The van der Waals surface area contributed by atoms with E-state index in [0.717, 1.165) is 11.8 Å². The zero-order chi connectivity index (χ0) is 13.9. The largest absolute Gasteiger partial charge is 0.336 e. The van der Waals surface area contributed by atoms with Crippen LogP contribution >= 0.6 is 22.9 Å². The minimum absolute atomic E-state index is 0.00752. The molecule has 4 aliphatic carbocycles. The fraction of sp³-hybridized carbons (Fsp3) is 0.786. The van der Waals surface area contributed by atoms with Crippen LogP contribution in [0.3, 0.4) is 0 Å². The topological polar surface area (TPSA) is 46.1 Å². The van der Waals surface area contributed by atoms with Gasteiger partial charge in [-0.25, -0.2) is 0 Å². The molecule has 4 bridgehead atoms. The van der Waals surface area contributed by atoms with Crippen LogP contribution in [-0.2, 0) is 0 Å². The molecule has 6 heteroatoms. The number of amides is 1. The van der Waals surface area contributed by atoms with E-state index >= 15 is 0 Å². The molecule has 0 spiro atoms. The van der Waals surface area contributed by atoms with Gasteiger partial charge in [0.1, 0.15) is 0 Å². The van der Waals surface area contributed by atoms with Crippen LogP contribution in [0.4, 0.5) is 0 Å². The minimum atomic E-state index is -0.00752. The van der Waals surface area contributed by atoms with Crippen LogP contribution in [0.25, 0.3) is 0 Å². The van der Waals surface area contributed by atoms with E-state index in [1.165, 1.54) is 43.4 Å². The fourth-order valence-electron chi connectivity index (χ4n) is 5.11. The number of halogens is 1. The molecular weight excluding hydrogens is 294 g/mol. The van der Waals surface area contributed by atoms with Gasteiger partial charge in [0.05, 0.1) is 0 Å². The standard InChI is InChI=1S/C14H18ClN3OS/c1-18(13(19)12-16-17-14(15)20-12)11-9-3-7-2-8(5-9)6-10(11)4-7/h7-11H,2-6H2,1H3. The van der Waals surface area contributed by atoms with E-state index in [2.05, 4.69) is 10.2 Å². The Bertz CT molecular complexity index is 518. The average molecular weight is 312 g/mol. The van der Waals surface area contributed by atoms with Crippen LogP contribution in [0, 0.1) is 23.7 Å². The molecule has 1 amide bonds. The molecule has 4 nitrogen and oxygen atoms in total. The van der Waals surface area contributed by atoms with E-state index < -0.39 is 0 Å². The number of rotatable bonds is 2. The SMILES string of the molecule is CN(C(=O)c1nnc(Cl)s1)C1C2CC3CC(C2)CC1C3. The summed E-state index contributed by atoms with van der Waals surface area (Å²) < 4.78 is 0.340. The summed E-state index contributed by atoms with van der Waals surface area (Å²) in [5.41, 5.74) is 0. The smallest absolute Gasteiger partial charge is 0.284 e. The molecule has 1 aromatic heterocycles. The van der Waals surface area contributed by atoms with Gasteiger partial charge in [-0.2, -0.15) is 0 Å². The molecule has 4 aliphatic rings. The summed E-state index contributed by atoms with van der Waals surface area (Å²) in [6.45, 7) is 0. The lowest BCUT2D eigenvalue weighted by molar-refractivity contribution is -0.0491. The van der Waals surface area contributed by atoms with Crippen molar-refractivity contribution in [3.8, 4) is 0 Å². The van der Waals surface area contributed by atoms with Crippen molar-refractivity contribution in [2.45, 2.75) is 38.1 Å². The van der Waals surface area contributed by atoms with Crippen LogP contribution < -0.4 is 0 Å². The van der Waals surface area contributed by atoms with E-state index in [1.54, 1.807) is 0 Å². The quantitative estimate of drug-likeness (QED) is 0.843. The number of carbonyl (C=O) groups is 1. The van der Waals surface area contributed by atoms with Crippen molar-refractivity contribution < 1.29 is 4.79 Å². The van der Waals surface area contributed by atoms with E-state index in [1.807, 2.05) is 11.9 Å². The third kappa shape index (κ3) is 1.98. The Labute approximate surface area is 127 Å². The van der Waals surface area contributed by atoms with Crippen molar-refractivity contribution in [1.82, 2.24) is 15.1 Å². The van der Waals surface area contributed by atoms with Gasteiger partial charge in [-0.3, -0.25) is 4.79 Å². The predicted octanol–water partition coefficient (Wildman–Crippen LogP) is 3.09. The second-order valence-corrected chi connectivity index (χ2v) is 8.26. The molecule has 0 N–H and O–H groups in total. The van der Waals surface area contributed by atoms with Gasteiger partial charge in [0.2, 0.25) is 9.47 Å². The van der Waals surface area contributed by atoms with E-state index in [9.17, 15) is 4.79 Å². The molecule has 0 saturated heterocycles. The normalized spacial score (nSPS) is 38.2. The summed E-state index contributed by atoms with van der Waals surface area (Å²) >= 11 is 6.97. The molecule has 1 aromatic rings. The summed E-state index contributed by atoms with van der Waals surface area (Å²) in [5, 5.41) is 8.06. The van der Waals surface area contributed by atoms with Crippen LogP contribution in [0.5, 0.6) is 0 Å². The lowest BCUT2D eigenvalue weighted by Crippen LogP contribution is -2.56. The maximum atomic E-state index is 12.6. The van der Waals surface area contributed by atoms with Gasteiger partial charge in [0.25, 0.3) is 5.91 Å². The zero-order valence-electron chi connectivity index (χ0n) is 11.5. The summed E-state index contributed by atoms with van der Waals surface area (Å²) in [4.78, 5) is 14.5. The molecule has 0 atom stereocenters. The zero-order valence-corrected chi connectivity index (χ0v) is 13.0. The van der Waals surface area contributed by atoms with E-state index in [0.29, 0.717) is 27.4 Å². The molecule has 4 saturated carbocycles. The molecule has 108 valence electrons. The Morgan fingerprint density at radius 1 is 1.15 bits per heavy atom. The average Bonchev–Trinajstić information content (AvgIpc) is 2.83. The number of carbonyl (C=O) groups excluding carboxylic acids is 1. The van der Waals surface area contributed by atoms with Crippen LogP contribution in [0.2, 0.25) is 4.47 Å². The molecular formula is C14H18ClN3OS. The fourth-order valence-corrected chi connectivity index (χ4v) is 5.92. The first-order valence-electron chi connectivity index (χ1n) is 7.38. The molecule has 1 heterocycles. The Morgan fingerprint density at radius 2 is 1.75 bits per heavy atom. The van der Waals surface area contributed by atoms with Crippen molar-refractivity contribution in [1.29, 1.82) is 0 Å². The Morgan fingerprint density at radius 3 is 2.25 bits per heavy atom. The highest BCUT2D eigenvalue weighted by Gasteiger charge is 2.50. The van der Waals surface area contributed by atoms with Gasteiger partial charge >= 0.3 is 0 Å². The first-order chi connectivity index (χ1) is 9.61. The van der Waals surface area contributed by atoms with Crippen LogP contribution in [-0.4, -0.2) is 34.1 Å². The Kier molecular flexibility index (Phi) is 3.04. The molecule has 0 aliphatic heterocycles. The lowest BCUT2D eigenvalue weighted by atomic mass is 9.54. The van der Waals surface area contributed by atoms with Crippen LogP contribution in [0.1, 0.15) is 41.9 Å². The van der Waals surface area contributed by atoms with Crippen molar-refractivity contribution in [2.75, 3.05) is 7.05 Å². The second kappa shape index (κ2) is 4.67. The van der Waals surface area contributed by atoms with Crippen molar-refractivity contribution in [3.05, 3.63) is 9.47 Å². The summed E-state index contributed by atoms with van der Waals surface area (Å²) in [6.07, 6.45) is 6.68. The van der Waals surface area contributed by atoms with Gasteiger partial charge in [-0.05, 0) is 67.4 Å². The second-order valence-electron chi connectivity index (χ2n) is 6.70. The van der Waals surface area contributed by atoms with Gasteiger partial charge in [0, 0.05) is 13.1 Å². The maximum Gasteiger partial charge on any atom is 0.284 e. The van der Waals surface area contributed by atoms with Gasteiger partial charge in [-0.15, -0.1) is 10.2 Å². The van der Waals surface area contributed by atoms with Gasteiger partial charge in [-0.1, -0.05) is 11.3 Å². The molecule has 0 radical (unpaired) electrons. The summed E-state index contributed by atoms with van der Waals surface area (Å²) in [6, 6.07) is 0.401. The predicted molar refractivity (Wildman–Crippen MR) is 77.8 cm³/mol. The van der Waals surface area contributed by atoms with Crippen LogP contribution in [0.15, 0.2) is 0 Å². The monoisotopic (exact) mass is 311 g/mol. The molecule has 0 unspecified atom stereocenters.